The Labute approximate surface area is 303 Å². The largest absolute Gasteiger partial charge is 0.457 e. The SMILES string of the molecule is N#Cc1ccc(-c2cc(-c3ccccc3)nc(-c3cccc(-c4ccc5c(c4)C(c4ccccc4)(c4ccccc4)c4ccccc4O5)c3)n2)cc1. The zero-order valence-corrected chi connectivity index (χ0v) is 28.1. The number of hydrogen-bond donors (Lipinski definition) is 0. The molecule has 0 fully saturated rings. The van der Waals surface area contributed by atoms with Gasteiger partial charge in [0.25, 0.3) is 0 Å². The van der Waals surface area contributed by atoms with Gasteiger partial charge in [0, 0.05) is 27.8 Å². The molecule has 0 N–H and O–H groups in total. The fourth-order valence-corrected chi connectivity index (χ4v) is 7.42. The number of nitriles is 1. The maximum atomic E-state index is 9.38. The zero-order chi connectivity index (χ0) is 34.9. The molecular formula is C48H31N3O. The van der Waals surface area contributed by atoms with Gasteiger partial charge in [-0.3, -0.25) is 0 Å². The highest BCUT2D eigenvalue weighted by Crippen LogP contribution is 2.55. The van der Waals surface area contributed by atoms with E-state index in [0.29, 0.717) is 11.4 Å². The molecule has 8 aromatic rings. The Morgan fingerprint density at radius 3 is 1.62 bits per heavy atom. The average molecular weight is 666 g/mol. The van der Waals surface area contributed by atoms with Gasteiger partial charge in [0.05, 0.1) is 28.4 Å². The molecule has 0 amide bonds. The number of nitrogens with zero attached hydrogens (tertiary/aromatic N) is 3. The van der Waals surface area contributed by atoms with E-state index >= 15 is 0 Å². The first-order chi connectivity index (χ1) is 25.7. The van der Waals surface area contributed by atoms with Gasteiger partial charge in [0.15, 0.2) is 5.82 Å². The van der Waals surface area contributed by atoms with Crippen LogP contribution in [-0.4, -0.2) is 9.97 Å². The second-order valence-corrected chi connectivity index (χ2v) is 12.9. The molecule has 52 heavy (non-hydrogen) atoms. The molecule has 4 nitrogen and oxygen atoms in total. The fraction of sp³-hybridized carbons (Fsp3) is 0.0208. The molecule has 0 atom stereocenters. The van der Waals surface area contributed by atoms with Crippen molar-refractivity contribution in [2.45, 2.75) is 5.41 Å². The van der Waals surface area contributed by atoms with Crippen molar-refractivity contribution >= 4 is 0 Å². The van der Waals surface area contributed by atoms with Crippen LogP contribution in [0.1, 0.15) is 27.8 Å². The quantitative estimate of drug-likeness (QED) is 0.177. The Kier molecular flexibility index (Phi) is 7.72. The summed E-state index contributed by atoms with van der Waals surface area (Å²) in [5.74, 6) is 2.31. The smallest absolute Gasteiger partial charge is 0.160 e. The van der Waals surface area contributed by atoms with Gasteiger partial charge >= 0.3 is 0 Å². The van der Waals surface area contributed by atoms with Crippen LogP contribution in [0.25, 0.3) is 45.0 Å². The fourth-order valence-electron chi connectivity index (χ4n) is 7.42. The number of ether oxygens (including phenoxy) is 1. The number of rotatable bonds is 6. The van der Waals surface area contributed by atoms with E-state index < -0.39 is 5.41 Å². The highest BCUT2D eigenvalue weighted by Gasteiger charge is 2.45. The van der Waals surface area contributed by atoms with Crippen molar-refractivity contribution < 1.29 is 4.74 Å². The molecule has 9 rings (SSSR count). The molecular weight excluding hydrogens is 635 g/mol. The van der Waals surface area contributed by atoms with Gasteiger partial charge in [-0.2, -0.15) is 5.26 Å². The van der Waals surface area contributed by atoms with Crippen LogP contribution in [0.5, 0.6) is 11.5 Å². The van der Waals surface area contributed by atoms with Gasteiger partial charge in [0.2, 0.25) is 0 Å². The summed E-state index contributed by atoms with van der Waals surface area (Å²) in [7, 11) is 0. The van der Waals surface area contributed by atoms with Crippen molar-refractivity contribution in [2.75, 3.05) is 0 Å². The van der Waals surface area contributed by atoms with Gasteiger partial charge in [-0.25, -0.2) is 9.97 Å². The van der Waals surface area contributed by atoms with Gasteiger partial charge < -0.3 is 4.74 Å². The van der Waals surface area contributed by atoms with Crippen molar-refractivity contribution in [1.82, 2.24) is 9.97 Å². The maximum Gasteiger partial charge on any atom is 0.160 e. The molecule has 1 aliphatic heterocycles. The van der Waals surface area contributed by atoms with Crippen LogP contribution >= 0.6 is 0 Å². The lowest BCUT2D eigenvalue weighted by molar-refractivity contribution is 0.434. The summed E-state index contributed by atoms with van der Waals surface area (Å²) in [5, 5.41) is 9.38. The molecule has 0 bridgehead atoms. The van der Waals surface area contributed by atoms with E-state index in [-0.39, 0.29) is 0 Å². The second kappa shape index (κ2) is 13.0. The lowest BCUT2D eigenvalue weighted by Gasteiger charge is -2.41. The van der Waals surface area contributed by atoms with E-state index in [0.717, 1.165) is 61.8 Å². The van der Waals surface area contributed by atoms with Crippen LogP contribution < -0.4 is 4.74 Å². The predicted octanol–water partition coefficient (Wildman–Crippen LogP) is 11.5. The molecule has 0 saturated carbocycles. The van der Waals surface area contributed by atoms with E-state index in [1.54, 1.807) is 0 Å². The van der Waals surface area contributed by atoms with E-state index in [1.807, 2.05) is 54.6 Å². The summed E-state index contributed by atoms with van der Waals surface area (Å²) in [6.45, 7) is 0. The molecule has 2 heterocycles. The van der Waals surface area contributed by atoms with Gasteiger partial charge in [0.1, 0.15) is 11.5 Å². The second-order valence-electron chi connectivity index (χ2n) is 12.9. The maximum absolute atomic E-state index is 9.38. The standard InChI is InChI=1S/C48H31N3O/c49-32-33-23-25-35(26-24-33)44-31-43(34-13-4-1-5-14-34)50-47(51-44)38-16-12-15-36(29-38)37-27-28-46-42(30-37)48(39-17-6-2-7-18-39,40-19-8-3-9-20-40)41-21-10-11-22-45(41)52-46/h1-31H. The van der Waals surface area contributed by atoms with Crippen LogP contribution in [0.3, 0.4) is 0 Å². The highest BCUT2D eigenvalue weighted by atomic mass is 16.5. The summed E-state index contributed by atoms with van der Waals surface area (Å²) in [6, 6.07) is 66.7. The van der Waals surface area contributed by atoms with E-state index in [4.69, 9.17) is 14.7 Å². The van der Waals surface area contributed by atoms with Crippen LogP contribution in [0.2, 0.25) is 0 Å². The molecule has 1 aliphatic rings. The van der Waals surface area contributed by atoms with Crippen LogP contribution in [0.4, 0.5) is 0 Å². The van der Waals surface area contributed by atoms with Gasteiger partial charge in [-0.05, 0) is 64.7 Å². The van der Waals surface area contributed by atoms with Crippen molar-refractivity contribution in [3.8, 4) is 62.6 Å². The molecule has 0 aliphatic carbocycles. The molecule has 1 aromatic heterocycles. The van der Waals surface area contributed by atoms with Gasteiger partial charge in [-0.1, -0.05) is 146 Å². The minimum atomic E-state index is -0.608. The van der Waals surface area contributed by atoms with E-state index in [1.165, 1.54) is 11.1 Å². The first kappa shape index (κ1) is 30.9. The molecule has 7 aromatic carbocycles. The van der Waals surface area contributed by atoms with Crippen molar-refractivity contribution in [2.24, 2.45) is 0 Å². The summed E-state index contributed by atoms with van der Waals surface area (Å²) in [6.07, 6.45) is 0. The zero-order valence-electron chi connectivity index (χ0n) is 28.1. The van der Waals surface area contributed by atoms with Crippen LogP contribution in [0, 0.1) is 11.3 Å². The van der Waals surface area contributed by atoms with Crippen LogP contribution in [0.15, 0.2) is 188 Å². The summed E-state index contributed by atoms with van der Waals surface area (Å²) in [5.41, 5.74) is 11.1. The van der Waals surface area contributed by atoms with Crippen molar-refractivity contribution in [3.63, 3.8) is 0 Å². The minimum Gasteiger partial charge on any atom is -0.457 e. The predicted molar refractivity (Wildman–Crippen MR) is 207 cm³/mol. The Balaban J connectivity index is 1.21. The monoisotopic (exact) mass is 665 g/mol. The summed E-state index contributed by atoms with van der Waals surface area (Å²) >= 11 is 0. The number of fused-ring (bicyclic) bond motifs is 2. The van der Waals surface area contributed by atoms with E-state index in [2.05, 4.69) is 140 Å². The number of para-hydroxylation sites is 1. The molecule has 244 valence electrons. The normalized spacial score (nSPS) is 12.5. The van der Waals surface area contributed by atoms with Gasteiger partial charge in [-0.15, -0.1) is 0 Å². The first-order valence-electron chi connectivity index (χ1n) is 17.3. The van der Waals surface area contributed by atoms with Crippen molar-refractivity contribution in [1.29, 1.82) is 5.26 Å². The summed E-state index contributed by atoms with van der Waals surface area (Å²) < 4.78 is 6.65. The third-order valence-corrected chi connectivity index (χ3v) is 9.87. The lowest BCUT2D eigenvalue weighted by atomic mass is 9.63. The Hall–Kier alpha value is -7.09. The molecule has 0 saturated heterocycles. The Morgan fingerprint density at radius 2 is 0.942 bits per heavy atom. The number of hydrogen-bond acceptors (Lipinski definition) is 4. The molecule has 0 radical (unpaired) electrons. The third kappa shape index (κ3) is 5.33. The minimum absolute atomic E-state index is 0.608. The Bertz CT molecular complexity index is 2550. The number of benzene rings is 7. The Morgan fingerprint density at radius 1 is 0.423 bits per heavy atom. The molecule has 4 heteroatoms. The average Bonchev–Trinajstić information content (AvgIpc) is 3.23. The van der Waals surface area contributed by atoms with Crippen LogP contribution in [-0.2, 0) is 5.41 Å². The highest BCUT2D eigenvalue weighted by molar-refractivity contribution is 5.78. The van der Waals surface area contributed by atoms with Crippen molar-refractivity contribution in [3.05, 3.63) is 216 Å². The number of aromatic nitrogens is 2. The lowest BCUT2D eigenvalue weighted by Crippen LogP contribution is -2.34. The summed E-state index contributed by atoms with van der Waals surface area (Å²) in [4.78, 5) is 10.2. The molecule has 0 spiro atoms. The topological polar surface area (TPSA) is 58.8 Å². The molecule has 0 unspecified atom stereocenters. The first-order valence-corrected chi connectivity index (χ1v) is 17.3. The third-order valence-electron chi connectivity index (χ3n) is 9.87. The van der Waals surface area contributed by atoms with E-state index in [9.17, 15) is 5.26 Å².